The highest BCUT2D eigenvalue weighted by molar-refractivity contribution is 5.97. The first-order chi connectivity index (χ1) is 26.9. The number of aliphatic carboxylic acids is 1. The van der Waals surface area contributed by atoms with E-state index < -0.39 is 96.0 Å². The molecule has 1 aromatic rings. The minimum absolute atomic E-state index is 0.0107. The molecule has 7 atom stereocenters. The molecular weight excluding hydrogens is 742 g/mol. The summed E-state index contributed by atoms with van der Waals surface area (Å²) in [7, 11) is 0. The summed E-state index contributed by atoms with van der Waals surface area (Å²) in [6, 6.07) is -0.944. The van der Waals surface area contributed by atoms with Crippen molar-refractivity contribution in [2.24, 2.45) is 29.0 Å². The van der Waals surface area contributed by atoms with E-state index in [2.05, 4.69) is 26.6 Å². The van der Waals surface area contributed by atoms with E-state index in [0.717, 1.165) is 0 Å². The van der Waals surface area contributed by atoms with E-state index in [-0.39, 0.29) is 50.3 Å². The third kappa shape index (κ3) is 15.6. The highest BCUT2D eigenvalue weighted by Gasteiger charge is 2.40. The summed E-state index contributed by atoms with van der Waals surface area (Å²) in [6.45, 7) is 7.02. The maximum atomic E-state index is 14.1. The number of unbranched alkanes of at least 4 members (excludes halogenated alkanes) is 1. The maximum Gasteiger partial charge on any atom is 0.326 e. The van der Waals surface area contributed by atoms with Crippen molar-refractivity contribution in [1.29, 1.82) is 0 Å². The molecular formula is C38H61N9O10. The Kier molecular flexibility index (Phi) is 19.9. The number of carboxylic acids is 1. The van der Waals surface area contributed by atoms with Crippen molar-refractivity contribution in [1.82, 2.24) is 31.5 Å². The van der Waals surface area contributed by atoms with Gasteiger partial charge in [-0.1, -0.05) is 46.2 Å². The smallest absolute Gasteiger partial charge is 0.326 e. The van der Waals surface area contributed by atoms with Gasteiger partial charge in [-0.2, -0.15) is 0 Å². The first-order valence-electron chi connectivity index (χ1n) is 19.4. The Labute approximate surface area is 333 Å². The van der Waals surface area contributed by atoms with E-state index in [9.17, 15) is 48.6 Å². The molecule has 13 N–H and O–H groups in total. The van der Waals surface area contributed by atoms with E-state index >= 15 is 0 Å². The van der Waals surface area contributed by atoms with Crippen LogP contribution in [0.4, 0.5) is 0 Å². The first-order valence-corrected chi connectivity index (χ1v) is 19.4. The Morgan fingerprint density at radius 3 is 2.07 bits per heavy atom. The molecule has 1 aliphatic rings. The molecule has 1 aromatic carbocycles. The number of nitrogens with two attached hydrogens (primary N) is 3. The zero-order chi connectivity index (χ0) is 42.8. The molecule has 19 nitrogen and oxygen atoms in total. The molecule has 0 spiro atoms. The second-order valence-electron chi connectivity index (χ2n) is 14.8. The van der Waals surface area contributed by atoms with E-state index in [4.69, 9.17) is 17.2 Å². The van der Waals surface area contributed by atoms with Gasteiger partial charge in [0.1, 0.15) is 36.0 Å². The number of phenolic OH excluding ortho intramolecular Hbond substituents is 1. The van der Waals surface area contributed by atoms with Gasteiger partial charge in [0.25, 0.3) is 0 Å². The lowest BCUT2D eigenvalue weighted by Crippen LogP contribution is -2.60. The van der Waals surface area contributed by atoms with Crippen LogP contribution in [0.1, 0.15) is 84.6 Å². The van der Waals surface area contributed by atoms with Crippen LogP contribution in [-0.2, 0) is 44.8 Å². The van der Waals surface area contributed by atoms with E-state index in [0.29, 0.717) is 37.8 Å². The van der Waals surface area contributed by atoms with Gasteiger partial charge in [-0.3, -0.25) is 33.6 Å². The van der Waals surface area contributed by atoms with Crippen LogP contribution in [0.5, 0.6) is 5.75 Å². The standard InChI is InChI=1S/C38H61N9O10/c1-5-22(4)32(37(55)47-18-8-10-28(47)35(53)42-20-30(50)43-26(38(56)57)9-6-7-17-39)46-33(51)25(15-16-29(40)49)44-34(52)27(45-36(54)31(41)21(2)3)19-23-11-13-24(48)14-12-23/h11-14,21-22,25-28,31-32,48H,5-10,15-20,39,41H2,1-4H3,(H2,40,49)(H,42,53)(H,43,50)(H,44,52)(H,45,54)(H,46,51)(H,56,57)/t22-,25-,26-,27-,28-,31-,32-/m0/s1. The van der Waals surface area contributed by atoms with Crippen molar-refractivity contribution >= 4 is 47.3 Å². The lowest BCUT2D eigenvalue weighted by Gasteiger charge is -2.32. The van der Waals surface area contributed by atoms with E-state index in [1.807, 2.05) is 0 Å². The molecule has 0 unspecified atom stereocenters. The van der Waals surface area contributed by atoms with Gasteiger partial charge in [0.15, 0.2) is 0 Å². The predicted octanol–water partition coefficient (Wildman–Crippen LogP) is -1.51. The Bertz CT molecular complexity index is 1560. The molecule has 19 heteroatoms. The van der Waals surface area contributed by atoms with Gasteiger partial charge in [0.2, 0.25) is 41.4 Å². The molecule has 0 bridgehead atoms. The number of carbonyl (C=O) groups is 8. The van der Waals surface area contributed by atoms with Crippen molar-refractivity contribution in [3.8, 4) is 5.75 Å². The van der Waals surface area contributed by atoms with Crippen molar-refractivity contribution < 1.29 is 48.6 Å². The number of nitrogens with one attached hydrogen (secondary N) is 5. The summed E-state index contributed by atoms with van der Waals surface area (Å²) in [5.74, 6) is -6.85. The number of aromatic hydroxyl groups is 1. The highest BCUT2D eigenvalue weighted by Crippen LogP contribution is 2.22. The van der Waals surface area contributed by atoms with Gasteiger partial charge in [-0.15, -0.1) is 0 Å². The van der Waals surface area contributed by atoms with Crippen LogP contribution in [0.3, 0.4) is 0 Å². The van der Waals surface area contributed by atoms with Crippen molar-refractivity contribution in [3.63, 3.8) is 0 Å². The fourth-order valence-electron chi connectivity index (χ4n) is 6.17. The monoisotopic (exact) mass is 803 g/mol. The van der Waals surface area contributed by atoms with Crippen molar-refractivity contribution in [2.75, 3.05) is 19.6 Å². The Hall–Kier alpha value is -5.30. The predicted molar refractivity (Wildman–Crippen MR) is 209 cm³/mol. The van der Waals surface area contributed by atoms with Crippen LogP contribution in [0.2, 0.25) is 0 Å². The number of hydrogen-bond acceptors (Lipinski definition) is 11. The average molecular weight is 804 g/mol. The second kappa shape index (κ2) is 23.7. The fraction of sp³-hybridized carbons (Fsp3) is 0.632. The van der Waals surface area contributed by atoms with Crippen LogP contribution in [-0.4, -0.2) is 118 Å². The van der Waals surface area contributed by atoms with Gasteiger partial charge in [-0.05, 0) is 74.6 Å². The van der Waals surface area contributed by atoms with Gasteiger partial charge in [0, 0.05) is 19.4 Å². The Morgan fingerprint density at radius 1 is 0.860 bits per heavy atom. The summed E-state index contributed by atoms with van der Waals surface area (Å²) >= 11 is 0. The quantitative estimate of drug-likeness (QED) is 0.0534. The zero-order valence-electron chi connectivity index (χ0n) is 33.3. The Morgan fingerprint density at radius 2 is 1.49 bits per heavy atom. The third-order valence-corrected chi connectivity index (χ3v) is 9.96. The molecule has 1 fully saturated rings. The molecule has 1 heterocycles. The SMILES string of the molecule is CC[C@H](C)[C@H](NC(=O)[C@H](CCC(N)=O)NC(=O)[C@H](Cc1ccc(O)cc1)NC(=O)[C@@H](N)C(C)C)C(=O)N1CCC[C@H]1C(=O)NCC(=O)N[C@@H](CCCCN)C(=O)O. The van der Waals surface area contributed by atoms with Crippen LogP contribution < -0.4 is 43.8 Å². The second-order valence-corrected chi connectivity index (χ2v) is 14.8. The van der Waals surface area contributed by atoms with E-state index in [1.165, 1.54) is 17.0 Å². The van der Waals surface area contributed by atoms with Gasteiger partial charge in [0.05, 0.1) is 12.6 Å². The number of carboxylic acid groups (broad SMARTS) is 1. The zero-order valence-corrected chi connectivity index (χ0v) is 33.3. The number of hydrogen-bond donors (Lipinski definition) is 10. The van der Waals surface area contributed by atoms with Crippen LogP contribution in [0, 0.1) is 11.8 Å². The molecule has 318 valence electrons. The van der Waals surface area contributed by atoms with Gasteiger partial charge < -0.3 is 58.9 Å². The highest BCUT2D eigenvalue weighted by atomic mass is 16.4. The topological polar surface area (TPSA) is 318 Å². The van der Waals surface area contributed by atoms with Crippen LogP contribution in [0.15, 0.2) is 24.3 Å². The minimum atomic E-state index is -1.39. The van der Waals surface area contributed by atoms with Crippen LogP contribution >= 0.6 is 0 Å². The maximum absolute atomic E-state index is 14.1. The number of likely N-dealkylation sites (tertiary alicyclic amines) is 1. The molecule has 0 saturated carbocycles. The molecule has 57 heavy (non-hydrogen) atoms. The number of amides is 7. The number of rotatable bonds is 24. The number of benzene rings is 1. The van der Waals surface area contributed by atoms with Gasteiger partial charge >= 0.3 is 5.97 Å². The lowest BCUT2D eigenvalue weighted by atomic mass is 9.96. The normalized spacial score (nSPS) is 17.0. The number of phenols is 1. The average Bonchev–Trinajstić information content (AvgIpc) is 3.67. The molecule has 2 rings (SSSR count). The molecule has 1 aliphatic heterocycles. The first kappa shape index (κ1) is 47.9. The molecule has 7 amide bonds. The summed E-state index contributed by atoms with van der Waals surface area (Å²) in [4.78, 5) is 105. The number of primary amides is 1. The number of carbonyl (C=O) groups excluding carboxylic acids is 7. The minimum Gasteiger partial charge on any atom is -0.508 e. The molecule has 0 radical (unpaired) electrons. The van der Waals surface area contributed by atoms with Gasteiger partial charge in [-0.25, -0.2) is 4.79 Å². The Balaban J connectivity index is 2.26. The summed E-state index contributed by atoms with van der Waals surface area (Å²) in [5.41, 5.74) is 17.5. The largest absolute Gasteiger partial charge is 0.508 e. The van der Waals surface area contributed by atoms with Crippen molar-refractivity contribution in [2.45, 2.75) is 122 Å². The summed E-state index contributed by atoms with van der Waals surface area (Å²) < 4.78 is 0. The summed E-state index contributed by atoms with van der Waals surface area (Å²) in [5, 5.41) is 32.0. The van der Waals surface area contributed by atoms with Crippen molar-refractivity contribution in [3.05, 3.63) is 29.8 Å². The fourth-order valence-corrected chi connectivity index (χ4v) is 6.17. The lowest BCUT2D eigenvalue weighted by molar-refractivity contribution is -0.143. The third-order valence-electron chi connectivity index (χ3n) is 9.96. The molecule has 0 aromatic heterocycles. The molecule has 0 aliphatic carbocycles. The van der Waals surface area contributed by atoms with E-state index in [1.54, 1.807) is 39.8 Å². The number of nitrogens with zero attached hydrogens (tertiary/aromatic N) is 1. The van der Waals surface area contributed by atoms with Crippen LogP contribution in [0.25, 0.3) is 0 Å². The summed E-state index contributed by atoms with van der Waals surface area (Å²) in [6.07, 6.45) is 1.77. The molecule has 1 saturated heterocycles.